The van der Waals surface area contributed by atoms with Gasteiger partial charge in [-0.15, -0.1) is 5.10 Å². The molecule has 7 nitrogen and oxygen atoms in total. The number of nitrogens with one attached hydrogen (secondary N) is 2. The van der Waals surface area contributed by atoms with Crippen LogP contribution in [0, 0.1) is 0 Å². The molecule has 0 aliphatic rings. The molecule has 0 aliphatic carbocycles. The molecule has 8 heteroatoms. The topological polar surface area (TPSA) is 105 Å². The molecule has 1 heterocycles. The van der Waals surface area contributed by atoms with Crippen LogP contribution in [0.15, 0.2) is 47.6 Å². The molecule has 23 heavy (non-hydrogen) atoms. The average Bonchev–Trinajstić information content (AvgIpc) is 2.96. The molecule has 1 amide bonds. The molecule has 0 bridgehead atoms. The van der Waals surface area contributed by atoms with Crippen LogP contribution in [0.5, 0.6) is 0 Å². The summed E-state index contributed by atoms with van der Waals surface area (Å²) in [5.41, 5.74) is 0.681. The molecule has 0 spiro atoms. The van der Waals surface area contributed by atoms with Gasteiger partial charge in [-0.25, -0.2) is 13.5 Å². The number of carbonyl (C=O) groups is 1. The van der Waals surface area contributed by atoms with Gasteiger partial charge in [-0.1, -0.05) is 42.5 Å². The summed E-state index contributed by atoms with van der Waals surface area (Å²) in [6, 6.07) is 13.1. The van der Waals surface area contributed by atoms with Gasteiger partial charge >= 0.3 is 0 Å². The number of fused-ring (bicyclic) bond motifs is 1. The molecule has 0 saturated carbocycles. The lowest BCUT2D eigenvalue weighted by Gasteiger charge is -2.06. The Morgan fingerprint density at radius 2 is 1.91 bits per heavy atom. The molecule has 0 aliphatic heterocycles. The van der Waals surface area contributed by atoms with E-state index in [0.29, 0.717) is 5.56 Å². The molecular formula is C15H14N4O3S. The summed E-state index contributed by atoms with van der Waals surface area (Å²) < 4.78 is 25.0. The summed E-state index contributed by atoms with van der Waals surface area (Å²) in [6.45, 7) is 1.29. The maximum Gasteiger partial charge on any atom is 0.249 e. The molecule has 118 valence electrons. The fraction of sp³-hybridized carbons (Fsp3) is 0.133. The summed E-state index contributed by atoms with van der Waals surface area (Å²) >= 11 is 0. The number of hydrogen-bond donors (Lipinski definition) is 2. The number of rotatable bonds is 4. The highest BCUT2D eigenvalue weighted by molar-refractivity contribution is 7.90. The van der Waals surface area contributed by atoms with Crippen LogP contribution >= 0.6 is 0 Å². The standard InChI is InChI=1S/C15H14N4O3S/c1-10(20)16-14-17-15(19-18-14)23(21,22)9-12-7-4-6-11-5-2-3-8-13(11)12/h2-8H,9H2,1H3,(H2,16,17,18,19,20). The number of carbonyl (C=O) groups excluding carboxylic acids is 1. The zero-order valence-electron chi connectivity index (χ0n) is 12.3. The Labute approximate surface area is 132 Å². The van der Waals surface area contributed by atoms with Crippen LogP contribution < -0.4 is 5.32 Å². The minimum Gasteiger partial charge on any atom is -0.293 e. The van der Waals surface area contributed by atoms with Crippen LogP contribution in [-0.2, 0) is 20.4 Å². The third-order valence-corrected chi connectivity index (χ3v) is 4.74. The van der Waals surface area contributed by atoms with Crippen LogP contribution in [0.4, 0.5) is 5.95 Å². The second-order valence-corrected chi connectivity index (χ2v) is 6.95. The normalized spacial score (nSPS) is 11.5. The Balaban J connectivity index is 1.94. The molecule has 0 atom stereocenters. The molecule has 2 N–H and O–H groups in total. The van der Waals surface area contributed by atoms with Crippen molar-refractivity contribution in [3.05, 3.63) is 48.0 Å². The minimum atomic E-state index is -3.70. The summed E-state index contributed by atoms with van der Waals surface area (Å²) in [5.74, 6) is -0.640. The second kappa shape index (κ2) is 5.81. The maximum atomic E-state index is 12.5. The molecule has 1 aromatic heterocycles. The van der Waals surface area contributed by atoms with E-state index in [1.165, 1.54) is 6.92 Å². The number of sulfone groups is 1. The fourth-order valence-corrected chi connectivity index (χ4v) is 3.50. The summed E-state index contributed by atoms with van der Waals surface area (Å²) in [5, 5.41) is 9.94. The van der Waals surface area contributed by atoms with E-state index in [-0.39, 0.29) is 22.8 Å². The van der Waals surface area contributed by atoms with Gasteiger partial charge in [-0.05, 0) is 16.3 Å². The van der Waals surface area contributed by atoms with E-state index in [1.54, 1.807) is 6.07 Å². The first-order valence-electron chi connectivity index (χ1n) is 6.85. The predicted octanol–water partition coefficient (Wildman–Crippen LogP) is 1.89. The summed E-state index contributed by atoms with van der Waals surface area (Å²) in [4.78, 5) is 14.8. The van der Waals surface area contributed by atoms with Crippen molar-refractivity contribution < 1.29 is 13.2 Å². The van der Waals surface area contributed by atoms with Crippen molar-refractivity contribution >= 4 is 32.5 Å². The summed E-state index contributed by atoms with van der Waals surface area (Å²) in [6.07, 6.45) is 0. The lowest BCUT2D eigenvalue weighted by Crippen LogP contribution is -2.09. The van der Waals surface area contributed by atoms with Crippen molar-refractivity contribution in [1.29, 1.82) is 0 Å². The number of aromatic nitrogens is 3. The molecule has 0 unspecified atom stereocenters. The third-order valence-electron chi connectivity index (χ3n) is 3.27. The zero-order chi connectivity index (χ0) is 16.4. The Morgan fingerprint density at radius 1 is 1.17 bits per heavy atom. The number of H-pyrrole nitrogens is 1. The van der Waals surface area contributed by atoms with Gasteiger partial charge in [0.25, 0.3) is 0 Å². The highest BCUT2D eigenvalue weighted by Gasteiger charge is 2.21. The van der Waals surface area contributed by atoms with Gasteiger partial charge in [0.05, 0.1) is 5.75 Å². The number of aromatic amines is 1. The van der Waals surface area contributed by atoms with E-state index in [1.807, 2.05) is 36.4 Å². The van der Waals surface area contributed by atoms with Gasteiger partial charge in [-0.3, -0.25) is 10.1 Å². The van der Waals surface area contributed by atoms with E-state index in [9.17, 15) is 13.2 Å². The first kappa shape index (κ1) is 15.2. The van der Waals surface area contributed by atoms with Gasteiger partial charge in [0.2, 0.25) is 26.8 Å². The lowest BCUT2D eigenvalue weighted by molar-refractivity contribution is -0.114. The number of hydrogen-bond acceptors (Lipinski definition) is 5. The van der Waals surface area contributed by atoms with Crippen LogP contribution in [-0.4, -0.2) is 29.5 Å². The minimum absolute atomic E-state index is 0.0611. The Hall–Kier alpha value is -2.74. The molecule has 3 rings (SSSR count). The molecule has 0 fully saturated rings. The Bertz CT molecular complexity index is 974. The first-order chi connectivity index (χ1) is 11.0. The summed E-state index contributed by atoms with van der Waals surface area (Å²) in [7, 11) is -3.70. The van der Waals surface area contributed by atoms with E-state index < -0.39 is 9.84 Å². The SMILES string of the molecule is CC(=O)Nc1n[nH]c(S(=O)(=O)Cc2cccc3ccccc23)n1. The molecule has 0 saturated heterocycles. The van der Waals surface area contributed by atoms with E-state index in [4.69, 9.17) is 0 Å². The maximum absolute atomic E-state index is 12.5. The van der Waals surface area contributed by atoms with Crippen LogP contribution in [0.2, 0.25) is 0 Å². The van der Waals surface area contributed by atoms with Crippen molar-refractivity contribution in [3.8, 4) is 0 Å². The van der Waals surface area contributed by atoms with E-state index >= 15 is 0 Å². The quantitative estimate of drug-likeness (QED) is 0.760. The number of anilines is 1. The molecular weight excluding hydrogens is 316 g/mol. The van der Waals surface area contributed by atoms with Crippen molar-refractivity contribution in [2.45, 2.75) is 17.8 Å². The van der Waals surface area contributed by atoms with Crippen LogP contribution in [0.3, 0.4) is 0 Å². The smallest absolute Gasteiger partial charge is 0.249 e. The number of nitrogens with zero attached hydrogens (tertiary/aromatic N) is 2. The van der Waals surface area contributed by atoms with Crippen molar-refractivity contribution in [2.75, 3.05) is 5.32 Å². The van der Waals surface area contributed by atoms with E-state index in [2.05, 4.69) is 20.5 Å². The zero-order valence-corrected chi connectivity index (χ0v) is 13.1. The first-order valence-corrected chi connectivity index (χ1v) is 8.50. The van der Waals surface area contributed by atoms with Crippen molar-refractivity contribution in [3.63, 3.8) is 0 Å². The average molecular weight is 330 g/mol. The fourth-order valence-electron chi connectivity index (χ4n) is 2.29. The van der Waals surface area contributed by atoms with Gasteiger partial charge in [0.15, 0.2) is 0 Å². The molecule has 0 radical (unpaired) electrons. The predicted molar refractivity (Wildman–Crippen MR) is 85.5 cm³/mol. The number of benzene rings is 2. The van der Waals surface area contributed by atoms with Gasteiger partial charge in [-0.2, -0.15) is 4.98 Å². The van der Waals surface area contributed by atoms with Crippen LogP contribution in [0.1, 0.15) is 12.5 Å². The Kier molecular flexibility index (Phi) is 3.83. The highest BCUT2D eigenvalue weighted by Crippen LogP contribution is 2.22. The van der Waals surface area contributed by atoms with Crippen molar-refractivity contribution in [2.24, 2.45) is 0 Å². The monoisotopic (exact) mass is 330 g/mol. The third kappa shape index (κ3) is 3.21. The van der Waals surface area contributed by atoms with Crippen LogP contribution in [0.25, 0.3) is 10.8 Å². The van der Waals surface area contributed by atoms with Crippen molar-refractivity contribution in [1.82, 2.24) is 15.2 Å². The number of amides is 1. The highest BCUT2D eigenvalue weighted by atomic mass is 32.2. The Morgan fingerprint density at radius 3 is 2.70 bits per heavy atom. The van der Waals surface area contributed by atoms with Gasteiger partial charge in [0.1, 0.15) is 0 Å². The lowest BCUT2D eigenvalue weighted by atomic mass is 10.1. The van der Waals surface area contributed by atoms with E-state index in [0.717, 1.165) is 10.8 Å². The van der Waals surface area contributed by atoms with Gasteiger partial charge < -0.3 is 0 Å². The molecule has 2 aromatic carbocycles. The second-order valence-electron chi connectivity index (χ2n) is 5.04. The molecule has 3 aromatic rings. The largest absolute Gasteiger partial charge is 0.293 e. The van der Waals surface area contributed by atoms with Gasteiger partial charge in [0, 0.05) is 6.92 Å².